The second-order valence-electron chi connectivity index (χ2n) is 10.3. The van der Waals surface area contributed by atoms with Crippen molar-refractivity contribution in [2.45, 2.75) is 44.9 Å². The maximum Gasteiger partial charge on any atom is 0.227 e. The van der Waals surface area contributed by atoms with Crippen LogP contribution in [-0.4, -0.2) is 41.8 Å². The first-order chi connectivity index (χ1) is 18.3. The van der Waals surface area contributed by atoms with Crippen molar-refractivity contribution in [1.82, 2.24) is 0 Å². The number of benzene rings is 2. The number of alkyl halides is 2. The Balaban J connectivity index is 1.18. The average Bonchev–Trinajstić information content (AvgIpc) is 3.66. The van der Waals surface area contributed by atoms with E-state index in [0.717, 1.165) is 32.6 Å². The third-order valence-corrected chi connectivity index (χ3v) is 10.9. The van der Waals surface area contributed by atoms with Crippen LogP contribution >= 0.6 is 45.9 Å². The van der Waals surface area contributed by atoms with E-state index in [9.17, 15) is 14.7 Å². The lowest BCUT2D eigenvalue weighted by atomic mass is 9.97. The molecule has 0 spiro atoms. The molecule has 2 amide bonds. The lowest BCUT2D eigenvalue weighted by molar-refractivity contribution is -0.119. The summed E-state index contributed by atoms with van der Waals surface area (Å²) in [6, 6.07) is 5.83. The fourth-order valence-corrected chi connectivity index (χ4v) is 8.60. The third-order valence-electron chi connectivity index (χ3n) is 7.93. The molecule has 198 valence electrons. The van der Waals surface area contributed by atoms with Crippen LogP contribution in [0.15, 0.2) is 29.0 Å². The van der Waals surface area contributed by atoms with E-state index in [0.29, 0.717) is 31.3 Å². The highest BCUT2D eigenvalue weighted by atomic mass is 35.5. The number of phenolic OH excluding ortho intramolecular Hbond substituents is 1. The first-order valence-corrected chi connectivity index (χ1v) is 15.6. The SMILES string of the molecule is Cc1csc2ccc3c(c12)[C@H](CCl)CN3C(=O)CCCC(=O)N1C[C@@H](CCl)c2c1cc(O)c1scc(C)c21. The zero-order chi connectivity index (χ0) is 26.7. The lowest BCUT2D eigenvalue weighted by Crippen LogP contribution is -2.32. The molecule has 9 heteroatoms. The number of carbonyl (C=O) groups is 2. The van der Waals surface area contributed by atoms with Crippen molar-refractivity contribution in [2.75, 3.05) is 34.6 Å². The number of aryl methyl sites for hydroxylation is 2. The molecule has 5 nitrogen and oxygen atoms in total. The number of thiophene rings is 2. The molecule has 2 atom stereocenters. The number of aromatic hydroxyl groups is 1. The second-order valence-corrected chi connectivity index (χ2v) is 12.7. The molecule has 2 aromatic carbocycles. The van der Waals surface area contributed by atoms with Gasteiger partial charge in [-0.1, -0.05) is 0 Å². The van der Waals surface area contributed by atoms with Gasteiger partial charge in [-0.3, -0.25) is 9.59 Å². The number of carbonyl (C=O) groups excluding carboxylic acids is 2. The van der Waals surface area contributed by atoms with Crippen molar-refractivity contribution in [3.63, 3.8) is 0 Å². The number of hydrogen-bond acceptors (Lipinski definition) is 5. The van der Waals surface area contributed by atoms with Gasteiger partial charge in [0.25, 0.3) is 0 Å². The molecule has 2 aromatic heterocycles. The number of hydrogen-bond donors (Lipinski definition) is 1. The number of halogens is 2. The molecule has 2 aliphatic rings. The predicted molar refractivity (Wildman–Crippen MR) is 160 cm³/mol. The van der Waals surface area contributed by atoms with Crippen LogP contribution in [0.5, 0.6) is 5.75 Å². The highest BCUT2D eigenvalue weighted by molar-refractivity contribution is 7.18. The number of nitrogens with zero attached hydrogens (tertiary/aromatic N) is 2. The van der Waals surface area contributed by atoms with Crippen molar-refractivity contribution >= 4 is 89.2 Å². The highest BCUT2D eigenvalue weighted by Crippen LogP contribution is 2.49. The van der Waals surface area contributed by atoms with E-state index >= 15 is 0 Å². The molecule has 0 unspecified atom stereocenters. The molecule has 0 saturated carbocycles. The molecular formula is C29H28Cl2N2O3S2. The summed E-state index contributed by atoms with van der Waals surface area (Å²) in [6.07, 6.45) is 0.996. The molecule has 0 bridgehead atoms. The summed E-state index contributed by atoms with van der Waals surface area (Å²) in [4.78, 5) is 30.3. The van der Waals surface area contributed by atoms with Gasteiger partial charge in [-0.15, -0.1) is 45.9 Å². The van der Waals surface area contributed by atoms with Crippen LogP contribution in [0.2, 0.25) is 0 Å². The fraction of sp³-hybridized carbons (Fsp3) is 0.379. The normalized spacial score (nSPS) is 18.5. The third kappa shape index (κ3) is 4.01. The summed E-state index contributed by atoms with van der Waals surface area (Å²) < 4.78 is 2.06. The van der Waals surface area contributed by atoms with Gasteiger partial charge >= 0.3 is 0 Å². The largest absolute Gasteiger partial charge is 0.506 e. The molecule has 4 heterocycles. The van der Waals surface area contributed by atoms with Crippen molar-refractivity contribution in [3.8, 4) is 5.75 Å². The van der Waals surface area contributed by atoms with Gasteiger partial charge in [0.1, 0.15) is 5.75 Å². The first kappa shape index (κ1) is 25.9. The van der Waals surface area contributed by atoms with Gasteiger partial charge in [0, 0.05) is 76.8 Å². The summed E-state index contributed by atoms with van der Waals surface area (Å²) >= 11 is 15.9. The number of fused-ring (bicyclic) bond motifs is 6. The van der Waals surface area contributed by atoms with Crippen LogP contribution in [0.1, 0.15) is 53.4 Å². The Morgan fingerprint density at radius 2 is 1.47 bits per heavy atom. The Labute approximate surface area is 239 Å². The number of phenols is 1. The molecule has 38 heavy (non-hydrogen) atoms. The maximum atomic E-state index is 13.4. The van der Waals surface area contributed by atoms with Gasteiger partial charge in [0.05, 0.1) is 10.4 Å². The van der Waals surface area contributed by atoms with E-state index in [4.69, 9.17) is 23.2 Å². The molecular weight excluding hydrogens is 559 g/mol. The zero-order valence-corrected chi connectivity index (χ0v) is 24.4. The Morgan fingerprint density at radius 1 is 0.895 bits per heavy atom. The molecule has 2 aliphatic heterocycles. The van der Waals surface area contributed by atoms with Crippen LogP contribution in [0.4, 0.5) is 11.4 Å². The Hall–Kier alpha value is -2.32. The minimum Gasteiger partial charge on any atom is -0.506 e. The van der Waals surface area contributed by atoms with Crippen molar-refractivity contribution in [1.29, 1.82) is 0 Å². The number of amides is 2. The van der Waals surface area contributed by atoms with Crippen LogP contribution in [-0.2, 0) is 9.59 Å². The highest BCUT2D eigenvalue weighted by Gasteiger charge is 2.36. The van der Waals surface area contributed by atoms with Gasteiger partial charge in [-0.05, 0) is 65.4 Å². The van der Waals surface area contributed by atoms with Gasteiger partial charge in [0.2, 0.25) is 11.8 Å². The summed E-state index contributed by atoms with van der Waals surface area (Å²) in [5.74, 6) is 1.15. The number of anilines is 2. The summed E-state index contributed by atoms with van der Waals surface area (Å²) in [7, 11) is 0. The van der Waals surface area contributed by atoms with Gasteiger partial charge in [-0.2, -0.15) is 0 Å². The van der Waals surface area contributed by atoms with E-state index < -0.39 is 0 Å². The smallest absolute Gasteiger partial charge is 0.227 e. The van der Waals surface area contributed by atoms with Gasteiger partial charge in [0.15, 0.2) is 0 Å². The first-order valence-electron chi connectivity index (χ1n) is 12.8. The van der Waals surface area contributed by atoms with Gasteiger partial charge in [-0.25, -0.2) is 0 Å². The minimum atomic E-state index is -0.0469. The molecule has 0 fully saturated rings. The maximum absolute atomic E-state index is 13.4. The summed E-state index contributed by atoms with van der Waals surface area (Å²) in [5, 5.41) is 17.1. The molecule has 0 radical (unpaired) electrons. The van der Waals surface area contributed by atoms with Crippen LogP contribution in [0.25, 0.3) is 20.2 Å². The quantitative estimate of drug-likeness (QED) is 0.236. The van der Waals surface area contributed by atoms with Crippen molar-refractivity contribution in [3.05, 3.63) is 51.2 Å². The van der Waals surface area contributed by atoms with E-state index in [1.165, 1.54) is 32.5 Å². The summed E-state index contributed by atoms with van der Waals surface area (Å²) in [5.41, 5.74) is 6.22. The Bertz CT molecular complexity index is 1590. The topological polar surface area (TPSA) is 60.9 Å². The van der Waals surface area contributed by atoms with E-state index in [-0.39, 0.29) is 42.2 Å². The van der Waals surface area contributed by atoms with Gasteiger partial charge < -0.3 is 14.9 Å². The van der Waals surface area contributed by atoms with Crippen LogP contribution in [0.3, 0.4) is 0 Å². The molecule has 1 N–H and O–H groups in total. The predicted octanol–water partition coefficient (Wildman–Crippen LogP) is 7.65. The molecule has 0 aliphatic carbocycles. The fourth-order valence-electron chi connectivity index (χ4n) is 6.16. The minimum absolute atomic E-state index is 0.0136. The summed E-state index contributed by atoms with van der Waals surface area (Å²) in [6.45, 7) is 5.20. The van der Waals surface area contributed by atoms with Crippen molar-refractivity contribution < 1.29 is 14.7 Å². The molecule has 4 aromatic rings. The van der Waals surface area contributed by atoms with Crippen LogP contribution < -0.4 is 9.80 Å². The molecule has 6 rings (SSSR count). The van der Waals surface area contributed by atoms with E-state index in [1.54, 1.807) is 22.3 Å². The Morgan fingerprint density at radius 3 is 2.13 bits per heavy atom. The zero-order valence-electron chi connectivity index (χ0n) is 21.2. The van der Waals surface area contributed by atoms with E-state index in [2.05, 4.69) is 18.4 Å². The average molecular weight is 588 g/mol. The van der Waals surface area contributed by atoms with E-state index in [1.807, 2.05) is 23.3 Å². The molecule has 0 saturated heterocycles. The second kappa shape index (κ2) is 10.0. The monoisotopic (exact) mass is 586 g/mol. The lowest BCUT2D eigenvalue weighted by Gasteiger charge is -2.20. The van der Waals surface area contributed by atoms with Crippen molar-refractivity contribution in [2.24, 2.45) is 0 Å². The number of rotatable bonds is 6. The van der Waals surface area contributed by atoms with Crippen LogP contribution in [0, 0.1) is 13.8 Å². The Kier molecular flexibility index (Phi) is 6.83. The standard InChI is InChI=1S/C29H28Cl2N2O3S2/c1-15-13-37-22-7-6-19-27(25(15)22)17(9-30)11-32(19)23(35)4-3-5-24(36)33-12-18(10-31)28-20(33)8-21(34)29-26(28)16(2)14-38-29/h6-8,13-14,17-18,34H,3-5,9-12H2,1-2H3/t17-,18-/m1/s1.